The van der Waals surface area contributed by atoms with Crippen LogP contribution in [0.3, 0.4) is 0 Å². The zero-order valence-electron chi connectivity index (χ0n) is 18.1. The zero-order valence-corrected chi connectivity index (χ0v) is 20.4. The Bertz CT molecular complexity index is 1270. The number of benzene rings is 2. The lowest BCUT2D eigenvalue weighted by atomic mass is 10.2. The van der Waals surface area contributed by atoms with Crippen LogP contribution < -0.4 is 4.90 Å². The molecule has 3 aromatic rings. The van der Waals surface area contributed by atoms with Gasteiger partial charge in [-0.25, -0.2) is 0 Å². The number of piperazine rings is 1. The van der Waals surface area contributed by atoms with E-state index in [9.17, 15) is 9.59 Å². The van der Waals surface area contributed by atoms with Gasteiger partial charge in [0, 0.05) is 53.6 Å². The summed E-state index contributed by atoms with van der Waals surface area (Å²) in [5.74, 6) is 0.856. The predicted molar refractivity (Wildman–Crippen MR) is 137 cm³/mol. The van der Waals surface area contributed by atoms with E-state index in [-0.39, 0.29) is 17.8 Å². The topological polar surface area (TPSA) is 57.0 Å². The highest BCUT2D eigenvalue weighted by Crippen LogP contribution is 2.34. The van der Waals surface area contributed by atoms with Crippen LogP contribution in [0.1, 0.15) is 5.76 Å². The smallest absolute Gasteiger partial charge is 0.294 e. The second kappa shape index (κ2) is 9.88. The van der Waals surface area contributed by atoms with Crippen LogP contribution >= 0.6 is 35.0 Å². The van der Waals surface area contributed by atoms with Gasteiger partial charge in [0.25, 0.3) is 11.1 Å². The molecule has 6 nitrogen and oxygen atoms in total. The summed E-state index contributed by atoms with van der Waals surface area (Å²) in [5.41, 5.74) is 1.93. The Labute approximate surface area is 211 Å². The Morgan fingerprint density at radius 2 is 1.65 bits per heavy atom. The molecule has 0 unspecified atom stereocenters. The Kier molecular flexibility index (Phi) is 6.70. The van der Waals surface area contributed by atoms with Gasteiger partial charge in [0.15, 0.2) is 0 Å². The highest BCUT2D eigenvalue weighted by molar-refractivity contribution is 8.18. The fourth-order valence-electron chi connectivity index (χ4n) is 4.00. The second-order valence-electron chi connectivity index (χ2n) is 8.05. The number of hydrogen-bond donors (Lipinski definition) is 0. The van der Waals surface area contributed by atoms with Crippen LogP contribution in [0, 0.1) is 0 Å². The highest BCUT2D eigenvalue weighted by Gasteiger charge is 2.36. The molecule has 174 valence electrons. The van der Waals surface area contributed by atoms with Crippen LogP contribution in [0.15, 0.2) is 70.0 Å². The first-order valence-electron chi connectivity index (χ1n) is 10.8. The Hall–Kier alpha value is -2.71. The van der Waals surface area contributed by atoms with Crippen molar-refractivity contribution in [1.29, 1.82) is 0 Å². The van der Waals surface area contributed by atoms with E-state index >= 15 is 0 Å². The van der Waals surface area contributed by atoms with Crippen molar-refractivity contribution < 1.29 is 14.0 Å². The summed E-state index contributed by atoms with van der Waals surface area (Å²) in [6.07, 6.45) is 1.62. The summed E-state index contributed by atoms with van der Waals surface area (Å²) in [6, 6.07) is 18.7. The summed E-state index contributed by atoms with van der Waals surface area (Å²) in [7, 11) is 0. The lowest BCUT2D eigenvalue weighted by molar-refractivity contribution is -0.124. The van der Waals surface area contributed by atoms with Crippen LogP contribution in [0.2, 0.25) is 10.0 Å². The number of carbonyl (C=O) groups excluding carboxylic acids is 2. The lowest BCUT2D eigenvalue weighted by Crippen LogP contribution is -2.50. The maximum absolute atomic E-state index is 12.9. The largest absolute Gasteiger partial charge is 0.457 e. The minimum absolute atomic E-state index is 0.268. The molecule has 2 aliphatic heterocycles. The molecule has 9 heteroatoms. The predicted octanol–water partition coefficient (Wildman–Crippen LogP) is 6.07. The van der Waals surface area contributed by atoms with Gasteiger partial charge < -0.3 is 9.32 Å². The molecule has 0 radical (unpaired) electrons. The van der Waals surface area contributed by atoms with Gasteiger partial charge in [0.05, 0.1) is 11.6 Å². The van der Waals surface area contributed by atoms with E-state index in [0.29, 0.717) is 26.5 Å². The van der Waals surface area contributed by atoms with Crippen LogP contribution in [-0.2, 0) is 4.79 Å². The molecule has 2 saturated heterocycles. The van der Waals surface area contributed by atoms with E-state index in [1.807, 2.05) is 48.5 Å². The molecule has 0 atom stereocenters. The van der Waals surface area contributed by atoms with Gasteiger partial charge in [-0.3, -0.25) is 19.4 Å². The van der Waals surface area contributed by atoms with Crippen molar-refractivity contribution in [2.24, 2.45) is 0 Å². The van der Waals surface area contributed by atoms with Crippen molar-refractivity contribution >= 4 is 57.9 Å². The van der Waals surface area contributed by atoms with Gasteiger partial charge in [-0.2, -0.15) is 0 Å². The Balaban J connectivity index is 1.22. The van der Waals surface area contributed by atoms with Crippen molar-refractivity contribution in [3.8, 4) is 11.3 Å². The third kappa shape index (κ3) is 5.03. The monoisotopic (exact) mass is 513 g/mol. The number of halogens is 2. The summed E-state index contributed by atoms with van der Waals surface area (Å²) in [5, 5.41) is 1.06. The molecule has 1 aromatic heterocycles. The van der Waals surface area contributed by atoms with Gasteiger partial charge in [-0.1, -0.05) is 41.4 Å². The van der Waals surface area contributed by atoms with Crippen LogP contribution in [-0.4, -0.2) is 53.8 Å². The Morgan fingerprint density at radius 3 is 2.38 bits per heavy atom. The average Bonchev–Trinajstić information content (AvgIpc) is 3.40. The van der Waals surface area contributed by atoms with E-state index in [2.05, 4.69) is 9.80 Å². The van der Waals surface area contributed by atoms with E-state index in [1.165, 1.54) is 4.90 Å². The summed E-state index contributed by atoms with van der Waals surface area (Å²) in [4.78, 5) is 31.5. The minimum Gasteiger partial charge on any atom is -0.457 e. The van der Waals surface area contributed by atoms with Gasteiger partial charge in [0.2, 0.25) is 0 Å². The van der Waals surface area contributed by atoms with Crippen molar-refractivity contribution in [1.82, 2.24) is 9.80 Å². The van der Waals surface area contributed by atoms with Gasteiger partial charge in [-0.05, 0) is 54.2 Å². The summed E-state index contributed by atoms with van der Waals surface area (Å²) >= 11 is 13.1. The number of thioether (sulfide) groups is 1. The number of furan rings is 1. The number of carbonyl (C=O) groups is 2. The molecular formula is C25H21Cl2N3O3S. The van der Waals surface area contributed by atoms with Gasteiger partial charge in [0.1, 0.15) is 11.5 Å². The number of hydrogen-bond acceptors (Lipinski definition) is 6. The molecule has 3 heterocycles. The molecule has 0 bridgehead atoms. The molecule has 2 fully saturated rings. The zero-order chi connectivity index (χ0) is 23.7. The van der Waals surface area contributed by atoms with E-state index < -0.39 is 0 Å². The standard InChI is InChI=1S/C25H21Cl2N3O3S/c26-18-4-1-3-17(13-18)22-8-7-21(33-22)15-23-24(31)30(25(32)34-23)16-28-9-11-29(12-10-28)20-6-2-5-19(27)14-20/h1-8,13-15H,9-12,16H2/b23-15+. The molecule has 0 saturated carbocycles. The van der Waals surface area contributed by atoms with Crippen molar-refractivity contribution in [2.45, 2.75) is 0 Å². The average molecular weight is 514 g/mol. The van der Waals surface area contributed by atoms with Gasteiger partial charge >= 0.3 is 0 Å². The number of imide groups is 1. The summed E-state index contributed by atoms with van der Waals surface area (Å²) in [6.45, 7) is 3.36. The number of amides is 2. The quantitative estimate of drug-likeness (QED) is 0.386. The molecular weight excluding hydrogens is 493 g/mol. The van der Waals surface area contributed by atoms with E-state index in [1.54, 1.807) is 18.2 Å². The van der Waals surface area contributed by atoms with Crippen LogP contribution in [0.25, 0.3) is 17.4 Å². The maximum Gasteiger partial charge on any atom is 0.294 e. The molecule has 0 spiro atoms. The Morgan fingerprint density at radius 1 is 0.912 bits per heavy atom. The first kappa shape index (κ1) is 23.1. The molecule has 2 aliphatic rings. The van der Waals surface area contributed by atoms with Crippen molar-refractivity contribution in [3.63, 3.8) is 0 Å². The number of anilines is 1. The third-order valence-electron chi connectivity index (χ3n) is 5.77. The molecule has 0 aliphatic carbocycles. The molecule has 34 heavy (non-hydrogen) atoms. The van der Waals surface area contributed by atoms with E-state index in [0.717, 1.165) is 49.2 Å². The molecule has 2 aromatic carbocycles. The van der Waals surface area contributed by atoms with Crippen LogP contribution in [0.4, 0.5) is 10.5 Å². The molecule has 5 rings (SSSR count). The minimum atomic E-state index is -0.298. The van der Waals surface area contributed by atoms with E-state index in [4.69, 9.17) is 27.6 Å². The normalized spacial score (nSPS) is 18.4. The fraction of sp³-hybridized carbons (Fsp3) is 0.200. The van der Waals surface area contributed by atoms with Crippen LogP contribution in [0.5, 0.6) is 0 Å². The summed E-state index contributed by atoms with van der Waals surface area (Å²) < 4.78 is 5.86. The van der Waals surface area contributed by atoms with Gasteiger partial charge in [-0.15, -0.1) is 0 Å². The third-order valence-corrected chi connectivity index (χ3v) is 7.15. The molecule has 2 amide bonds. The SMILES string of the molecule is O=C1S/C(=C/c2ccc(-c3cccc(Cl)c3)o2)C(=O)N1CN1CCN(c2cccc(Cl)c2)CC1. The fourth-order valence-corrected chi connectivity index (χ4v) is 5.19. The second-order valence-corrected chi connectivity index (χ2v) is 9.91. The highest BCUT2D eigenvalue weighted by atomic mass is 35.5. The molecule has 0 N–H and O–H groups in total. The lowest BCUT2D eigenvalue weighted by Gasteiger charge is -2.37. The number of rotatable bonds is 5. The number of nitrogens with zero attached hydrogens (tertiary/aromatic N) is 3. The first-order valence-corrected chi connectivity index (χ1v) is 12.4. The van der Waals surface area contributed by atoms with Crippen molar-refractivity contribution in [2.75, 3.05) is 37.7 Å². The maximum atomic E-state index is 12.9. The van der Waals surface area contributed by atoms with Crippen molar-refractivity contribution in [3.05, 3.63) is 81.4 Å². The first-order chi connectivity index (χ1) is 16.5.